The smallest absolute Gasteiger partial charge is 0.203 e. The van der Waals surface area contributed by atoms with Gasteiger partial charge in [-0.25, -0.2) is 12.7 Å². The summed E-state index contributed by atoms with van der Waals surface area (Å²) >= 11 is 0. The highest BCUT2D eigenvalue weighted by molar-refractivity contribution is 7.69. The van der Waals surface area contributed by atoms with Crippen molar-refractivity contribution in [3.05, 3.63) is 0 Å². The molecule has 0 aromatic heterocycles. The molecule has 0 atom stereocenters. The second-order valence-corrected chi connectivity index (χ2v) is 3.18. The zero-order chi connectivity index (χ0) is 7.98. The lowest BCUT2D eigenvalue weighted by molar-refractivity contribution is 0.434. The Bertz CT molecular complexity index is 137. The van der Waals surface area contributed by atoms with E-state index >= 15 is 0 Å². The summed E-state index contributed by atoms with van der Waals surface area (Å²) in [7, 11) is -2.34. The van der Waals surface area contributed by atoms with Gasteiger partial charge in [-0.05, 0) is 6.42 Å². The lowest BCUT2D eigenvalue weighted by Crippen LogP contribution is -2.22. The number of hydrogen-bond acceptors (Lipinski definition) is 2. The van der Waals surface area contributed by atoms with Crippen molar-refractivity contribution in [2.75, 3.05) is 13.1 Å². The molecule has 0 N–H and O–H groups in total. The van der Waals surface area contributed by atoms with Gasteiger partial charge in [-0.2, -0.15) is 0 Å². The maximum absolute atomic E-state index is 10.4. The summed E-state index contributed by atoms with van der Waals surface area (Å²) in [6.45, 7) is 5.16. The Hall–Kier alpha value is -0.0900. The minimum atomic E-state index is -2.34. The van der Waals surface area contributed by atoms with Crippen LogP contribution in [-0.4, -0.2) is 25.8 Å². The van der Waals surface area contributed by atoms with Crippen molar-refractivity contribution >= 4 is 10.9 Å². The molecule has 0 aliphatic heterocycles. The van der Waals surface area contributed by atoms with Crippen LogP contribution >= 0.6 is 0 Å². The standard InChI is InChI=1S/C6H15NO2S/c1-3-5-6-7(4-2)10(8)9/h10H,3-6H2,1-2H3. The molecule has 62 valence electrons. The molecule has 0 bridgehead atoms. The van der Waals surface area contributed by atoms with Crippen molar-refractivity contribution in [3.63, 3.8) is 0 Å². The van der Waals surface area contributed by atoms with E-state index in [1.807, 2.05) is 13.8 Å². The van der Waals surface area contributed by atoms with E-state index in [9.17, 15) is 8.42 Å². The molecule has 3 nitrogen and oxygen atoms in total. The minimum absolute atomic E-state index is 0.596. The first-order chi connectivity index (χ1) is 4.72. The minimum Gasteiger partial charge on any atom is -0.215 e. The molecule has 0 aromatic rings. The van der Waals surface area contributed by atoms with Crippen LogP contribution < -0.4 is 0 Å². The zero-order valence-corrected chi connectivity index (χ0v) is 7.43. The fourth-order valence-electron chi connectivity index (χ4n) is 0.696. The topological polar surface area (TPSA) is 37.4 Å². The van der Waals surface area contributed by atoms with Crippen molar-refractivity contribution in [2.45, 2.75) is 26.7 Å². The van der Waals surface area contributed by atoms with Gasteiger partial charge >= 0.3 is 0 Å². The van der Waals surface area contributed by atoms with E-state index < -0.39 is 10.9 Å². The van der Waals surface area contributed by atoms with Gasteiger partial charge in [-0.3, -0.25) is 0 Å². The second-order valence-electron chi connectivity index (χ2n) is 2.14. The number of nitrogens with zero attached hydrogens (tertiary/aromatic N) is 1. The van der Waals surface area contributed by atoms with Gasteiger partial charge in [0.15, 0.2) is 0 Å². The summed E-state index contributed by atoms with van der Waals surface area (Å²) < 4.78 is 22.3. The predicted octanol–water partition coefficient (Wildman–Crippen LogP) is 0.635. The molecule has 0 unspecified atom stereocenters. The molecule has 0 amide bonds. The molecule has 0 saturated carbocycles. The predicted molar refractivity (Wildman–Crippen MR) is 42.5 cm³/mol. The second kappa shape index (κ2) is 5.68. The molecule has 0 spiro atoms. The zero-order valence-electron chi connectivity index (χ0n) is 6.54. The molecular weight excluding hydrogens is 150 g/mol. The van der Waals surface area contributed by atoms with Gasteiger partial charge in [0, 0.05) is 13.1 Å². The molecule has 0 radical (unpaired) electrons. The van der Waals surface area contributed by atoms with E-state index in [4.69, 9.17) is 0 Å². The highest BCUT2D eigenvalue weighted by Gasteiger charge is 2.00. The molecule has 4 heteroatoms. The van der Waals surface area contributed by atoms with E-state index in [1.54, 1.807) is 0 Å². The van der Waals surface area contributed by atoms with Gasteiger partial charge in [-0.1, -0.05) is 20.3 Å². The van der Waals surface area contributed by atoms with Crippen LogP contribution in [0.25, 0.3) is 0 Å². The van der Waals surface area contributed by atoms with Gasteiger partial charge in [-0.15, -0.1) is 0 Å². The van der Waals surface area contributed by atoms with Gasteiger partial charge < -0.3 is 0 Å². The van der Waals surface area contributed by atoms with Crippen LogP contribution in [0, 0.1) is 0 Å². The van der Waals surface area contributed by atoms with Crippen LogP contribution in [-0.2, 0) is 10.9 Å². The number of unbranched alkanes of at least 4 members (excludes halogenated alkanes) is 1. The third-order valence-electron chi connectivity index (χ3n) is 1.37. The summed E-state index contributed by atoms with van der Waals surface area (Å²) in [5, 5.41) is 0. The Morgan fingerprint density at radius 2 is 1.90 bits per heavy atom. The van der Waals surface area contributed by atoms with Gasteiger partial charge in [0.2, 0.25) is 10.9 Å². The molecule has 0 rings (SSSR count). The molecule has 0 aliphatic carbocycles. The quantitative estimate of drug-likeness (QED) is 0.607. The Labute approximate surface area is 64.1 Å². The van der Waals surface area contributed by atoms with Crippen LogP contribution in [0.15, 0.2) is 0 Å². The fraction of sp³-hybridized carbons (Fsp3) is 1.00. The first kappa shape index (κ1) is 9.91. The highest BCUT2D eigenvalue weighted by atomic mass is 32.2. The van der Waals surface area contributed by atoms with E-state index in [2.05, 4.69) is 0 Å². The summed E-state index contributed by atoms with van der Waals surface area (Å²) in [6.07, 6.45) is 2.00. The normalized spacial score (nSPS) is 11.2. The molecule has 0 aromatic carbocycles. The van der Waals surface area contributed by atoms with E-state index in [-0.39, 0.29) is 0 Å². The Morgan fingerprint density at radius 3 is 2.20 bits per heavy atom. The SMILES string of the molecule is CCCCN(CC)[SH](=O)=O. The summed E-state index contributed by atoms with van der Waals surface area (Å²) in [5.41, 5.74) is 0. The number of rotatable bonds is 5. The van der Waals surface area contributed by atoms with Crippen molar-refractivity contribution in [1.82, 2.24) is 4.31 Å². The molecule has 0 fully saturated rings. The van der Waals surface area contributed by atoms with E-state index in [0.29, 0.717) is 13.1 Å². The first-order valence-corrected chi connectivity index (χ1v) is 4.74. The van der Waals surface area contributed by atoms with Crippen LogP contribution in [0.5, 0.6) is 0 Å². The molecular formula is C6H15NO2S. The summed E-state index contributed by atoms with van der Waals surface area (Å²) in [4.78, 5) is 0. The first-order valence-electron chi connectivity index (χ1n) is 3.61. The molecule has 0 saturated heterocycles. The lowest BCUT2D eigenvalue weighted by atomic mass is 10.3. The highest BCUT2D eigenvalue weighted by Crippen LogP contribution is 1.93. The van der Waals surface area contributed by atoms with E-state index in [1.165, 1.54) is 4.31 Å². The molecule has 10 heavy (non-hydrogen) atoms. The maximum atomic E-state index is 10.4. The molecule has 0 heterocycles. The van der Waals surface area contributed by atoms with Gasteiger partial charge in [0.1, 0.15) is 0 Å². The summed E-state index contributed by atoms with van der Waals surface area (Å²) in [6, 6.07) is 0. The van der Waals surface area contributed by atoms with Crippen molar-refractivity contribution in [1.29, 1.82) is 0 Å². The fourth-order valence-corrected chi connectivity index (χ4v) is 1.23. The summed E-state index contributed by atoms with van der Waals surface area (Å²) in [5.74, 6) is 0. The largest absolute Gasteiger partial charge is 0.215 e. The average Bonchev–Trinajstić information content (AvgIpc) is 1.89. The third kappa shape index (κ3) is 3.85. The van der Waals surface area contributed by atoms with E-state index in [0.717, 1.165) is 12.8 Å². The third-order valence-corrected chi connectivity index (χ3v) is 2.31. The van der Waals surface area contributed by atoms with Crippen LogP contribution in [0.4, 0.5) is 0 Å². The van der Waals surface area contributed by atoms with Crippen molar-refractivity contribution in [2.24, 2.45) is 0 Å². The Morgan fingerprint density at radius 1 is 1.30 bits per heavy atom. The molecule has 0 aliphatic rings. The monoisotopic (exact) mass is 165 g/mol. The van der Waals surface area contributed by atoms with Crippen molar-refractivity contribution < 1.29 is 8.42 Å². The van der Waals surface area contributed by atoms with Crippen LogP contribution in [0.3, 0.4) is 0 Å². The van der Waals surface area contributed by atoms with Crippen molar-refractivity contribution in [3.8, 4) is 0 Å². The van der Waals surface area contributed by atoms with Crippen LogP contribution in [0.2, 0.25) is 0 Å². The average molecular weight is 165 g/mol. The van der Waals surface area contributed by atoms with Crippen LogP contribution in [0.1, 0.15) is 26.7 Å². The Kier molecular flexibility index (Phi) is 5.63. The van der Waals surface area contributed by atoms with Gasteiger partial charge in [0.25, 0.3) is 0 Å². The number of hydrogen-bond donors (Lipinski definition) is 1. The Balaban J connectivity index is 3.61. The number of thiol groups is 1. The van der Waals surface area contributed by atoms with Gasteiger partial charge in [0.05, 0.1) is 0 Å². The lowest BCUT2D eigenvalue weighted by Gasteiger charge is -2.10. The maximum Gasteiger partial charge on any atom is 0.203 e.